The Morgan fingerprint density at radius 2 is 1.40 bits per heavy atom. The zero-order valence-electron chi connectivity index (χ0n) is 13.7. The predicted molar refractivity (Wildman–Crippen MR) is 90.8 cm³/mol. The number of ketones is 1. The lowest BCUT2D eigenvalue weighted by atomic mass is 9.82. The lowest BCUT2D eigenvalue weighted by Gasteiger charge is -2.22. The topological polar surface area (TPSA) is 17.1 Å². The highest BCUT2D eigenvalue weighted by atomic mass is 31.0. The standard InChI is InChI=1S/C18H28OP/c1-11(2)14-9-15(12(3)4)18(17(19)7-8-20)16(10-14)13(5)6/h9-13,20H,7-8H2,1-6H3/q-1. The molecule has 0 heterocycles. The first kappa shape index (κ1) is 17.4. The molecule has 0 aliphatic heterocycles. The van der Waals surface area contributed by atoms with Gasteiger partial charge in [-0.05, 0) is 40.9 Å². The van der Waals surface area contributed by atoms with Crippen LogP contribution in [0.1, 0.15) is 92.8 Å². The Kier molecular flexibility index (Phi) is 6.40. The van der Waals surface area contributed by atoms with Crippen LogP contribution in [0.2, 0.25) is 0 Å². The zero-order chi connectivity index (χ0) is 15.4. The molecule has 0 aliphatic carbocycles. The molecular formula is C18H28OP-. The molecule has 1 aromatic rings. The summed E-state index contributed by atoms with van der Waals surface area (Å²) in [6.45, 7) is 13.1. The van der Waals surface area contributed by atoms with Crippen molar-refractivity contribution >= 4 is 15.0 Å². The molecule has 0 radical (unpaired) electrons. The van der Waals surface area contributed by atoms with E-state index in [0.29, 0.717) is 24.2 Å². The van der Waals surface area contributed by atoms with Crippen LogP contribution < -0.4 is 0 Å². The maximum Gasteiger partial charge on any atom is 0.161 e. The fourth-order valence-electron chi connectivity index (χ4n) is 2.52. The zero-order valence-corrected chi connectivity index (χ0v) is 14.7. The molecule has 0 bridgehead atoms. The van der Waals surface area contributed by atoms with E-state index in [-0.39, 0.29) is 5.78 Å². The monoisotopic (exact) mass is 291 g/mol. The lowest BCUT2D eigenvalue weighted by Crippen LogP contribution is -2.12. The van der Waals surface area contributed by atoms with Gasteiger partial charge in [-0.3, -0.25) is 4.79 Å². The van der Waals surface area contributed by atoms with E-state index in [1.807, 2.05) is 0 Å². The fraction of sp³-hybridized carbons (Fsp3) is 0.611. The van der Waals surface area contributed by atoms with Gasteiger partial charge < -0.3 is 9.24 Å². The minimum atomic E-state index is 0.266. The van der Waals surface area contributed by atoms with Crippen molar-refractivity contribution in [2.45, 2.75) is 65.7 Å². The first-order valence-corrected chi connectivity index (χ1v) is 8.35. The van der Waals surface area contributed by atoms with Crippen LogP contribution in [0.4, 0.5) is 0 Å². The number of carbonyl (C=O) groups excluding carboxylic acids is 1. The summed E-state index contributed by atoms with van der Waals surface area (Å²) in [6, 6.07) is 4.48. The summed E-state index contributed by atoms with van der Waals surface area (Å²) < 4.78 is 0. The summed E-state index contributed by atoms with van der Waals surface area (Å²) in [5.74, 6) is 1.51. The van der Waals surface area contributed by atoms with Crippen LogP contribution in [0.3, 0.4) is 0 Å². The van der Waals surface area contributed by atoms with Gasteiger partial charge in [-0.25, -0.2) is 0 Å². The molecule has 0 unspecified atom stereocenters. The van der Waals surface area contributed by atoms with E-state index in [1.165, 1.54) is 16.7 Å². The van der Waals surface area contributed by atoms with Gasteiger partial charge in [0.1, 0.15) is 0 Å². The first-order chi connectivity index (χ1) is 9.29. The largest absolute Gasteiger partial charge is 0.558 e. The summed E-state index contributed by atoms with van der Waals surface area (Å²) in [5.41, 5.74) is 4.74. The average molecular weight is 291 g/mol. The van der Waals surface area contributed by atoms with Gasteiger partial charge in [-0.15, -0.1) is 0 Å². The van der Waals surface area contributed by atoms with Gasteiger partial charge in [0, 0.05) is 5.56 Å². The second-order valence-corrected chi connectivity index (χ2v) is 6.96. The highest BCUT2D eigenvalue weighted by Crippen LogP contribution is 2.32. The van der Waals surface area contributed by atoms with Crippen molar-refractivity contribution in [3.8, 4) is 0 Å². The predicted octanol–water partition coefficient (Wildman–Crippen LogP) is 5.77. The summed E-state index contributed by atoms with van der Waals surface area (Å²) in [4.78, 5) is 12.5. The van der Waals surface area contributed by atoms with E-state index in [4.69, 9.17) is 0 Å². The normalized spacial score (nSPS) is 11.7. The second-order valence-electron chi connectivity index (χ2n) is 6.46. The molecule has 0 amide bonds. The SMILES string of the molecule is CC(C)c1cc(C(C)C)c(C(=O)CC[PH-])c(C(C)C)c1. The molecule has 1 aromatic carbocycles. The van der Waals surface area contributed by atoms with Crippen LogP contribution in [-0.4, -0.2) is 11.9 Å². The van der Waals surface area contributed by atoms with E-state index < -0.39 is 0 Å². The molecule has 0 N–H and O–H groups in total. The molecule has 0 aromatic heterocycles. The smallest absolute Gasteiger partial charge is 0.161 e. The first-order valence-electron chi connectivity index (χ1n) is 7.65. The Bertz CT molecular complexity index is 443. The average Bonchev–Trinajstić information content (AvgIpc) is 2.36. The third-order valence-electron chi connectivity index (χ3n) is 3.76. The summed E-state index contributed by atoms with van der Waals surface area (Å²) in [6.07, 6.45) is 1.29. The Morgan fingerprint density at radius 1 is 0.950 bits per heavy atom. The molecule has 2 heteroatoms. The third-order valence-corrected chi connectivity index (χ3v) is 4.01. The van der Waals surface area contributed by atoms with E-state index in [9.17, 15) is 4.79 Å². The van der Waals surface area contributed by atoms with Gasteiger partial charge >= 0.3 is 0 Å². The van der Waals surface area contributed by atoms with E-state index in [2.05, 4.69) is 62.9 Å². The Morgan fingerprint density at radius 3 is 1.70 bits per heavy atom. The molecule has 1 rings (SSSR count). The number of carbonyl (C=O) groups is 1. The number of rotatable bonds is 6. The molecule has 1 nitrogen and oxygen atoms in total. The highest BCUT2D eigenvalue weighted by molar-refractivity contribution is 7.16. The van der Waals surface area contributed by atoms with Crippen LogP contribution in [0.15, 0.2) is 12.1 Å². The van der Waals surface area contributed by atoms with Crippen molar-refractivity contribution < 1.29 is 4.79 Å². The molecule has 0 saturated heterocycles. The van der Waals surface area contributed by atoms with Gasteiger partial charge in [0.05, 0.1) is 0 Å². The molecule has 0 fully saturated rings. The van der Waals surface area contributed by atoms with E-state index in [0.717, 1.165) is 11.7 Å². The molecule has 0 saturated carbocycles. The third kappa shape index (κ3) is 3.92. The molecule has 0 aliphatic rings. The van der Waals surface area contributed by atoms with Crippen molar-refractivity contribution in [2.75, 3.05) is 6.16 Å². The van der Waals surface area contributed by atoms with Crippen molar-refractivity contribution in [1.29, 1.82) is 0 Å². The van der Waals surface area contributed by atoms with Gasteiger partial charge in [0.15, 0.2) is 5.78 Å². The van der Waals surface area contributed by atoms with Gasteiger partial charge in [-0.1, -0.05) is 53.7 Å². The van der Waals surface area contributed by atoms with Gasteiger partial charge in [-0.2, -0.15) is 6.16 Å². The number of benzene rings is 1. The van der Waals surface area contributed by atoms with Crippen molar-refractivity contribution in [3.05, 3.63) is 34.4 Å². The minimum Gasteiger partial charge on any atom is -0.558 e. The Labute approximate surface area is 126 Å². The Hall–Kier alpha value is -0.680. The number of Topliss-reactive ketones (excluding diaryl/α,β-unsaturated/α-hetero) is 1. The van der Waals surface area contributed by atoms with Crippen LogP contribution in [0.25, 0.3) is 0 Å². The van der Waals surface area contributed by atoms with Gasteiger partial charge in [0.2, 0.25) is 0 Å². The Balaban J connectivity index is 3.55. The highest BCUT2D eigenvalue weighted by Gasteiger charge is 2.20. The fourth-order valence-corrected chi connectivity index (χ4v) is 2.74. The number of hydrogen-bond donors (Lipinski definition) is 0. The molecule has 0 atom stereocenters. The van der Waals surface area contributed by atoms with Crippen LogP contribution >= 0.6 is 9.24 Å². The van der Waals surface area contributed by atoms with Crippen molar-refractivity contribution in [3.63, 3.8) is 0 Å². The maximum absolute atomic E-state index is 12.5. The van der Waals surface area contributed by atoms with Crippen LogP contribution in [-0.2, 0) is 0 Å². The van der Waals surface area contributed by atoms with Crippen molar-refractivity contribution in [1.82, 2.24) is 0 Å². The molecular weight excluding hydrogens is 263 g/mol. The summed E-state index contributed by atoms with van der Waals surface area (Å²) in [5, 5.41) is 0. The molecule has 0 spiro atoms. The molecule has 112 valence electrons. The lowest BCUT2D eigenvalue weighted by molar-refractivity contribution is 0.0987. The van der Waals surface area contributed by atoms with Crippen LogP contribution in [0, 0.1) is 0 Å². The maximum atomic E-state index is 12.5. The van der Waals surface area contributed by atoms with Crippen LogP contribution in [0.5, 0.6) is 0 Å². The number of hydrogen-bond acceptors (Lipinski definition) is 1. The summed E-state index contributed by atoms with van der Waals surface area (Å²) >= 11 is 0. The van der Waals surface area contributed by atoms with Crippen molar-refractivity contribution in [2.24, 2.45) is 0 Å². The van der Waals surface area contributed by atoms with E-state index >= 15 is 0 Å². The van der Waals surface area contributed by atoms with E-state index in [1.54, 1.807) is 0 Å². The van der Waals surface area contributed by atoms with Gasteiger partial charge in [0.25, 0.3) is 0 Å². The summed E-state index contributed by atoms with van der Waals surface area (Å²) in [7, 11) is 3.44. The minimum absolute atomic E-state index is 0.266. The molecule has 20 heavy (non-hydrogen) atoms. The quantitative estimate of drug-likeness (QED) is 0.480. The second kappa shape index (κ2) is 7.36.